The number of hydrogen-bond acceptors (Lipinski definition) is 1. The van der Waals surface area contributed by atoms with E-state index in [-0.39, 0.29) is 0 Å². The summed E-state index contributed by atoms with van der Waals surface area (Å²) in [5.74, 6) is 0. The molecule has 1 nitrogen and oxygen atoms in total. The van der Waals surface area contributed by atoms with Gasteiger partial charge in [0.2, 0.25) is 0 Å². The van der Waals surface area contributed by atoms with Gasteiger partial charge in [0.15, 0.2) is 0 Å². The molecule has 0 saturated carbocycles. The summed E-state index contributed by atoms with van der Waals surface area (Å²) < 4.78 is 1.33. The van der Waals surface area contributed by atoms with Gasteiger partial charge in [0.1, 0.15) is 0 Å². The van der Waals surface area contributed by atoms with Crippen LogP contribution in [0, 0.1) is 6.92 Å². The molecule has 0 N–H and O–H groups in total. The molecule has 0 aromatic heterocycles. The number of nitrogens with zero attached hydrogens (tertiary/aromatic N) is 1. The van der Waals surface area contributed by atoms with Crippen molar-refractivity contribution in [2.24, 2.45) is 0 Å². The Labute approximate surface area is 99.8 Å². The van der Waals surface area contributed by atoms with E-state index in [9.17, 15) is 0 Å². The van der Waals surface area contributed by atoms with Gasteiger partial charge >= 0.3 is 99.7 Å². The minimum atomic E-state index is 1.21. The molecule has 0 bridgehead atoms. The van der Waals surface area contributed by atoms with Gasteiger partial charge in [-0.15, -0.1) is 0 Å². The molecule has 1 aliphatic heterocycles. The average molecular weight is 266 g/mol. The van der Waals surface area contributed by atoms with Gasteiger partial charge in [0, 0.05) is 0 Å². The summed E-state index contributed by atoms with van der Waals surface area (Å²) in [6, 6.07) is 8.60. The molecule has 0 atom stereocenters. The normalized spacial score (nSPS) is 16.5. The van der Waals surface area contributed by atoms with Gasteiger partial charge in [-0.1, -0.05) is 0 Å². The Balaban J connectivity index is 2.16. The monoisotopic (exact) mass is 267 g/mol. The Kier molecular flexibility index (Phi) is 3.61. The van der Waals surface area contributed by atoms with Crippen LogP contribution in [0.3, 0.4) is 0 Å². The average Bonchev–Trinajstić information content (AvgIpc) is 2.30. The number of aryl methyl sites for hydroxylation is 1. The maximum absolute atomic E-state index is 3.25. The van der Waals surface area contributed by atoms with Crippen LogP contribution in [0.5, 0.6) is 0 Å². The number of hydrogen-bond donors (Lipinski definition) is 0. The third-order valence-corrected chi connectivity index (χ3v) is 4.02. The summed E-state index contributed by atoms with van der Waals surface area (Å²) in [5.41, 5.74) is 2.72. The van der Waals surface area contributed by atoms with E-state index < -0.39 is 0 Å². The van der Waals surface area contributed by atoms with Crippen molar-refractivity contribution in [2.45, 2.75) is 26.2 Å². The SMILES string of the molecule is Cc1ccccc1C(=[Se])N1CCCCC1. The zero-order chi connectivity index (χ0) is 10.7. The Morgan fingerprint density at radius 3 is 2.47 bits per heavy atom. The van der Waals surface area contributed by atoms with Gasteiger partial charge in [0.25, 0.3) is 0 Å². The van der Waals surface area contributed by atoms with Crippen LogP contribution in [-0.2, 0) is 0 Å². The van der Waals surface area contributed by atoms with Crippen molar-refractivity contribution in [3.05, 3.63) is 35.4 Å². The molecule has 1 saturated heterocycles. The molecule has 0 aliphatic carbocycles. The molecule has 1 heterocycles. The molecular formula is C13H17NSe. The fourth-order valence-corrected chi connectivity index (χ4v) is 2.94. The van der Waals surface area contributed by atoms with Crippen molar-refractivity contribution < 1.29 is 0 Å². The van der Waals surface area contributed by atoms with Crippen LogP contribution < -0.4 is 0 Å². The van der Waals surface area contributed by atoms with Crippen molar-refractivity contribution in [3.63, 3.8) is 0 Å². The van der Waals surface area contributed by atoms with Gasteiger partial charge in [-0.3, -0.25) is 0 Å². The first-order valence-electron chi connectivity index (χ1n) is 5.64. The van der Waals surface area contributed by atoms with E-state index in [1.807, 2.05) is 0 Å². The fourth-order valence-electron chi connectivity index (χ4n) is 2.08. The first-order chi connectivity index (χ1) is 7.29. The zero-order valence-electron chi connectivity index (χ0n) is 9.20. The van der Waals surface area contributed by atoms with E-state index in [2.05, 4.69) is 51.7 Å². The Morgan fingerprint density at radius 2 is 1.80 bits per heavy atom. The van der Waals surface area contributed by atoms with Crippen LogP contribution in [-0.4, -0.2) is 38.1 Å². The third-order valence-electron chi connectivity index (χ3n) is 3.02. The molecule has 1 aliphatic rings. The summed E-state index contributed by atoms with van der Waals surface area (Å²) in [5, 5.41) is 0. The van der Waals surface area contributed by atoms with Gasteiger partial charge < -0.3 is 0 Å². The predicted molar refractivity (Wildman–Crippen MR) is 66.5 cm³/mol. The van der Waals surface area contributed by atoms with E-state index in [4.69, 9.17) is 0 Å². The molecule has 1 aromatic carbocycles. The Bertz CT molecular complexity index is 353. The summed E-state index contributed by atoms with van der Waals surface area (Å²) in [6.45, 7) is 4.59. The van der Waals surface area contributed by atoms with Crippen LogP contribution >= 0.6 is 0 Å². The molecule has 80 valence electrons. The molecule has 2 rings (SSSR count). The number of rotatable bonds is 2. The summed E-state index contributed by atoms with van der Waals surface area (Å²) in [6.07, 6.45) is 4.05. The van der Waals surface area contributed by atoms with Gasteiger partial charge in [0.05, 0.1) is 0 Å². The second-order valence-corrected chi connectivity index (χ2v) is 4.98. The molecule has 0 radical (unpaired) electrons. The van der Waals surface area contributed by atoms with Crippen LogP contribution in [0.4, 0.5) is 0 Å². The molecule has 1 fully saturated rings. The van der Waals surface area contributed by atoms with E-state index >= 15 is 0 Å². The second-order valence-electron chi connectivity index (χ2n) is 4.17. The Morgan fingerprint density at radius 1 is 1.13 bits per heavy atom. The number of piperidine rings is 1. The van der Waals surface area contributed by atoms with Crippen molar-refractivity contribution >= 4 is 20.1 Å². The molecular weight excluding hydrogens is 249 g/mol. The zero-order valence-corrected chi connectivity index (χ0v) is 10.9. The molecule has 0 unspecified atom stereocenters. The minimum absolute atomic E-state index is 1.21. The second kappa shape index (κ2) is 4.96. The molecule has 2 heteroatoms. The van der Waals surface area contributed by atoms with E-state index in [1.165, 1.54) is 48.0 Å². The van der Waals surface area contributed by atoms with Crippen LogP contribution in [0.2, 0.25) is 0 Å². The summed E-state index contributed by atoms with van der Waals surface area (Å²) >= 11 is 3.25. The molecule has 15 heavy (non-hydrogen) atoms. The van der Waals surface area contributed by atoms with E-state index in [1.54, 1.807) is 0 Å². The summed E-state index contributed by atoms with van der Waals surface area (Å²) in [7, 11) is 0. The number of likely N-dealkylation sites (tertiary alicyclic amines) is 1. The van der Waals surface area contributed by atoms with Crippen molar-refractivity contribution in [1.82, 2.24) is 4.90 Å². The van der Waals surface area contributed by atoms with Crippen molar-refractivity contribution in [2.75, 3.05) is 13.1 Å². The van der Waals surface area contributed by atoms with Crippen molar-refractivity contribution in [3.8, 4) is 0 Å². The predicted octanol–water partition coefficient (Wildman–Crippen LogP) is 2.13. The van der Waals surface area contributed by atoms with Gasteiger partial charge in [-0.25, -0.2) is 0 Å². The molecule has 1 aromatic rings. The molecule has 0 amide bonds. The van der Waals surface area contributed by atoms with Gasteiger partial charge in [-0.2, -0.15) is 0 Å². The van der Waals surface area contributed by atoms with E-state index in [0.29, 0.717) is 0 Å². The quantitative estimate of drug-likeness (QED) is 0.741. The Hall–Kier alpha value is -0.591. The first-order valence-corrected chi connectivity index (χ1v) is 6.49. The van der Waals surface area contributed by atoms with E-state index in [0.717, 1.165) is 0 Å². The van der Waals surface area contributed by atoms with Crippen molar-refractivity contribution in [1.29, 1.82) is 0 Å². The van der Waals surface area contributed by atoms with Crippen LogP contribution in [0.1, 0.15) is 30.4 Å². The number of benzene rings is 1. The standard InChI is InChI=1S/C13H17NSe/c1-11-7-3-4-8-12(11)13(15)14-9-5-2-6-10-14/h3-4,7-8H,2,5-6,9-10H2,1H3. The third kappa shape index (κ3) is 2.50. The van der Waals surface area contributed by atoms with Crippen LogP contribution in [0.15, 0.2) is 24.3 Å². The van der Waals surface area contributed by atoms with Crippen LogP contribution in [0.25, 0.3) is 0 Å². The summed E-state index contributed by atoms with van der Waals surface area (Å²) in [4.78, 5) is 2.48. The molecule has 0 spiro atoms. The fraction of sp³-hybridized carbons (Fsp3) is 0.462. The maximum atomic E-state index is 3.25. The van der Waals surface area contributed by atoms with Gasteiger partial charge in [-0.05, 0) is 0 Å². The first kappa shape index (κ1) is 10.9. The topological polar surface area (TPSA) is 3.24 Å².